The minimum Gasteiger partial charge on any atom is -0.399 e. The van der Waals surface area contributed by atoms with Crippen LogP contribution in [0.15, 0.2) is 24.3 Å². The van der Waals surface area contributed by atoms with Crippen LogP contribution in [0.3, 0.4) is 0 Å². The second-order valence-corrected chi connectivity index (χ2v) is 4.69. The van der Waals surface area contributed by atoms with Gasteiger partial charge in [0.25, 0.3) is 0 Å². The topological polar surface area (TPSA) is 84.6 Å². The normalized spacial score (nSPS) is 13.8. The molecule has 5 heteroatoms. The van der Waals surface area contributed by atoms with Gasteiger partial charge in [-0.1, -0.05) is 19.1 Å². The highest BCUT2D eigenvalue weighted by Gasteiger charge is 2.12. The predicted molar refractivity (Wildman–Crippen MR) is 74.8 cm³/mol. The molecule has 1 aromatic rings. The van der Waals surface area contributed by atoms with Gasteiger partial charge < -0.3 is 20.9 Å². The lowest BCUT2D eigenvalue weighted by atomic mass is 9.97. The molecule has 2 atom stereocenters. The first-order chi connectivity index (χ1) is 9.02. The maximum absolute atomic E-state index is 11.7. The lowest BCUT2D eigenvalue weighted by molar-refractivity contribution is -0.122. The average molecular weight is 266 g/mol. The third kappa shape index (κ3) is 5.72. The zero-order chi connectivity index (χ0) is 14.3. The molecule has 19 heavy (non-hydrogen) atoms. The van der Waals surface area contributed by atoms with E-state index < -0.39 is 6.10 Å². The summed E-state index contributed by atoms with van der Waals surface area (Å²) in [6, 6.07) is 7.50. The number of rotatable bonds is 7. The minimum absolute atomic E-state index is 0.0838. The summed E-state index contributed by atoms with van der Waals surface area (Å²) in [6.07, 6.45) is -0.287. The monoisotopic (exact) mass is 266 g/mol. The summed E-state index contributed by atoms with van der Waals surface area (Å²) >= 11 is 0. The van der Waals surface area contributed by atoms with Gasteiger partial charge in [-0.25, -0.2) is 0 Å². The highest BCUT2D eigenvalue weighted by atomic mass is 16.5. The molecule has 0 spiro atoms. The number of nitrogen functional groups attached to an aromatic ring is 1. The van der Waals surface area contributed by atoms with Crippen molar-refractivity contribution in [1.82, 2.24) is 5.32 Å². The molecule has 106 valence electrons. The van der Waals surface area contributed by atoms with Gasteiger partial charge in [0.05, 0.1) is 12.7 Å². The molecule has 0 aromatic heterocycles. The molecule has 0 radical (unpaired) electrons. The van der Waals surface area contributed by atoms with Gasteiger partial charge in [-0.2, -0.15) is 0 Å². The molecule has 1 rings (SSSR count). The second kappa shape index (κ2) is 7.76. The number of carbonyl (C=O) groups is 1. The number of anilines is 1. The van der Waals surface area contributed by atoms with Crippen molar-refractivity contribution in [3.8, 4) is 0 Å². The molecule has 0 saturated carbocycles. The van der Waals surface area contributed by atoms with E-state index in [1.54, 1.807) is 0 Å². The van der Waals surface area contributed by atoms with E-state index >= 15 is 0 Å². The lowest BCUT2D eigenvalue weighted by Crippen LogP contribution is -2.34. The quantitative estimate of drug-likeness (QED) is 0.640. The summed E-state index contributed by atoms with van der Waals surface area (Å²) in [5.41, 5.74) is 7.40. The fraction of sp³-hybridized carbons (Fsp3) is 0.500. The molecule has 2 unspecified atom stereocenters. The van der Waals surface area contributed by atoms with E-state index in [1.807, 2.05) is 31.2 Å². The zero-order valence-electron chi connectivity index (χ0n) is 11.4. The second-order valence-electron chi connectivity index (χ2n) is 4.69. The summed E-state index contributed by atoms with van der Waals surface area (Å²) in [6.45, 7) is 2.41. The maximum Gasteiger partial charge on any atom is 0.220 e. The van der Waals surface area contributed by atoms with Crippen LogP contribution in [0.1, 0.15) is 24.8 Å². The Hall–Kier alpha value is -1.59. The first kappa shape index (κ1) is 15.5. The van der Waals surface area contributed by atoms with Crippen molar-refractivity contribution >= 4 is 11.6 Å². The largest absolute Gasteiger partial charge is 0.399 e. The lowest BCUT2D eigenvalue weighted by Gasteiger charge is -2.14. The predicted octanol–water partition coefficient (Wildman–Crippen LogP) is 0.886. The van der Waals surface area contributed by atoms with Crippen LogP contribution in [0.25, 0.3) is 0 Å². The van der Waals surface area contributed by atoms with Gasteiger partial charge in [-0.15, -0.1) is 0 Å². The molecule has 0 bridgehead atoms. The number of aliphatic hydroxyl groups excluding tert-OH is 1. The number of benzene rings is 1. The van der Waals surface area contributed by atoms with E-state index in [0.717, 1.165) is 5.56 Å². The maximum atomic E-state index is 11.7. The summed E-state index contributed by atoms with van der Waals surface area (Å²) in [5.74, 6) is 0.0275. The van der Waals surface area contributed by atoms with Crippen LogP contribution < -0.4 is 11.1 Å². The molecule has 0 aliphatic carbocycles. The smallest absolute Gasteiger partial charge is 0.220 e. The van der Waals surface area contributed by atoms with E-state index in [1.165, 1.54) is 7.11 Å². The number of amides is 1. The van der Waals surface area contributed by atoms with Crippen LogP contribution in [-0.4, -0.2) is 37.4 Å². The minimum atomic E-state index is -0.666. The first-order valence-electron chi connectivity index (χ1n) is 6.32. The highest BCUT2D eigenvalue weighted by Crippen LogP contribution is 2.19. The average Bonchev–Trinajstić information content (AvgIpc) is 2.37. The van der Waals surface area contributed by atoms with Crippen LogP contribution in [0, 0.1) is 0 Å². The number of nitrogens with two attached hydrogens (primary N) is 1. The van der Waals surface area contributed by atoms with E-state index in [4.69, 9.17) is 10.5 Å². The Morgan fingerprint density at radius 2 is 2.05 bits per heavy atom. The van der Waals surface area contributed by atoms with Crippen LogP contribution in [0.4, 0.5) is 5.69 Å². The fourth-order valence-electron chi connectivity index (χ4n) is 1.78. The number of ether oxygens (including phenoxy) is 1. The number of methoxy groups -OCH3 is 1. The Kier molecular flexibility index (Phi) is 6.32. The van der Waals surface area contributed by atoms with Crippen molar-refractivity contribution in [2.45, 2.75) is 25.4 Å². The first-order valence-corrected chi connectivity index (χ1v) is 6.32. The fourth-order valence-corrected chi connectivity index (χ4v) is 1.78. The third-order valence-corrected chi connectivity index (χ3v) is 2.89. The Balaban J connectivity index is 2.37. The molecule has 0 saturated heterocycles. The van der Waals surface area contributed by atoms with Crippen molar-refractivity contribution < 1.29 is 14.6 Å². The van der Waals surface area contributed by atoms with Crippen molar-refractivity contribution in [2.24, 2.45) is 0 Å². The Morgan fingerprint density at radius 1 is 1.42 bits per heavy atom. The van der Waals surface area contributed by atoms with Gasteiger partial charge in [-0.3, -0.25) is 4.79 Å². The number of nitrogens with one attached hydrogen (secondary N) is 1. The summed E-state index contributed by atoms with van der Waals surface area (Å²) in [7, 11) is 1.51. The number of hydrogen-bond donors (Lipinski definition) is 3. The van der Waals surface area contributed by atoms with E-state index in [0.29, 0.717) is 12.1 Å². The summed E-state index contributed by atoms with van der Waals surface area (Å²) < 4.78 is 4.78. The van der Waals surface area contributed by atoms with Gasteiger partial charge in [0.1, 0.15) is 0 Å². The van der Waals surface area contributed by atoms with Gasteiger partial charge in [0.2, 0.25) is 5.91 Å². The molecule has 1 aromatic carbocycles. The highest BCUT2D eigenvalue weighted by molar-refractivity contribution is 5.76. The Morgan fingerprint density at radius 3 is 2.63 bits per heavy atom. The van der Waals surface area contributed by atoms with Crippen LogP contribution in [0.2, 0.25) is 0 Å². The van der Waals surface area contributed by atoms with E-state index in [9.17, 15) is 9.90 Å². The van der Waals surface area contributed by atoms with Gasteiger partial charge >= 0.3 is 0 Å². The SMILES string of the molecule is COCC(O)CNC(=O)CC(C)c1ccc(N)cc1. The van der Waals surface area contributed by atoms with Crippen molar-refractivity contribution in [1.29, 1.82) is 0 Å². The molecule has 0 aliphatic heterocycles. The van der Waals surface area contributed by atoms with E-state index in [2.05, 4.69) is 5.32 Å². The Labute approximate surface area is 113 Å². The Bertz CT molecular complexity index is 392. The molecule has 0 fully saturated rings. The number of carbonyl (C=O) groups excluding carboxylic acids is 1. The van der Waals surface area contributed by atoms with Crippen LogP contribution in [0.5, 0.6) is 0 Å². The van der Waals surface area contributed by atoms with Gasteiger partial charge in [0.15, 0.2) is 0 Å². The van der Waals surface area contributed by atoms with Crippen LogP contribution >= 0.6 is 0 Å². The molecule has 0 aliphatic rings. The number of aliphatic hydroxyl groups is 1. The molecule has 1 amide bonds. The van der Waals surface area contributed by atoms with Crippen molar-refractivity contribution in [2.75, 3.05) is 26.0 Å². The third-order valence-electron chi connectivity index (χ3n) is 2.89. The van der Waals surface area contributed by atoms with Crippen LogP contribution in [-0.2, 0) is 9.53 Å². The van der Waals surface area contributed by atoms with Gasteiger partial charge in [-0.05, 0) is 23.6 Å². The molecule has 5 nitrogen and oxygen atoms in total. The summed E-state index contributed by atoms with van der Waals surface area (Å²) in [5, 5.41) is 12.1. The number of hydrogen-bond acceptors (Lipinski definition) is 4. The molecule has 0 heterocycles. The standard InChI is InChI=1S/C14H22N2O3/c1-10(11-3-5-12(15)6-4-11)7-14(18)16-8-13(17)9-19-2/h3-6,10,13,17H,7-9,15H2,1-2H3,(H,16,18). The van der Waals surface area contributed by atoms with E-state index in [-0.39, 0.29) is 25.0 Å². The van der Waals surface area contributed by atoms with Crippen molar-refractivity contribution in [3.05, 3.63) is 29.8 Å². The molecular formula is C14H22N2O3. The van der Waals surface area contributed by atoms with Crippen molar-refractivity contribution in [3.63, 3.8) is 0 Å². The molecular weight excluding hydrogens is 244 g/mol. The summed E-state index contributed by atoms with van der Waals surface area (Å²) in [4.78, 5) is 11.7. The zero-order valence-corrected chi connectivity index (χ0v) is 11.4. The van der Waals surface area contributed by atoms with Gasteiger partial charge in [0, 0.05) is 25.8 Å². The molecule has 4 N–H and O–H groups in total.